The number of benzene rings is 1. The number of hydrogen-bond donors (Lipinski definition) is 2. The molecule has 1 aromatic rings. The predicted octanol–water partition coefficient (Wildman–Crippen LogP) is 0.729. The van der Waals surface area contributed by atoms with Gasteiger partial charge in [0.25, 0.3) is 0 Å². The van der Waals surface area contributed by atoms with Gasteiger partial charge in [0.15, 0.2) is 0 Å². The molecule has 1 aliphatic rings. The van der Waals surface area contributed by atoms with Gasteiger partial charge in [-0.1, -0.05) is 12.1 Å². The largest absolute Gasteiger partial charge is 0.497 e. The topological polar surface area (TPSA) is 56.2 Å². The predicted molar refractivity (Wildman–Crippen MR) is 82.5 cm³/mol. The van der Waals surface area contributed by atoms with Crippen LogP contribution in [0.15, 0.2) is 24.3 Å². The van der Waals surface area contributed by atoms with Crippen LogP contribution in [-0.4, -0.2) is 73.0 Å². The number of β-amino-alcohol motifs (C(OH)–C–C–N with tert-alkyl or cyclic N) is 1. The van der Waals surface area contributed by atoms with Crippen molar-refractivity contribution in [1.29, 1.82) is 0 Å². The number of ether oxygens (including phenoxy) is 1. The van der Waals surface area contributed by atoms with Crippen LogP contribution in [0.2, 0.25) is 0 Å². The van der Waals surface area contributed by atoms with Crippen molar-refractivity contribution in [3.8, 4) is 5.75 Å². The molecule has 2 rings (SSSR count). The Bertz CT molecular complexity index is 402. The molecule has 1 fully saturated rings. The second kappa shape index (κ2) is 8.34. The second-order valence-corrected chi connectivity index (χ2v) is 5.48. The normalized spacial score (nSPS) is 18.6. The molecule has 0 radical (unpaired) electrons. The van der Waals surface area contributed by atoms with Crippen molar-refractivity contribution in [1.82, 2.24) is 9.80 Å². The minimum atomic E-state index is -0.425. The van der Waals surface area contributed by atoms with Crippen LogP contribution < -0.4 is 4.74 Å². The lowest BCUT2D eigenvalue weighted by Crippen LogP contribution is -2.47. The summed E-state index contributed by atoms with van der Waals surface area (Å²) in [5.41, 5.74) is 0.940. The lowest BCUT2D eigenvalue weighted by atomic mass is 10.1. The molecule has 1 atom stereocenters. The van der Waals surface area contributed by atoms with E-state index in [4.69, 9.17) is 9.84 Å². The van der Waals surface area contributed by atoms with Gasteiger partial charge in [0, 0.05) is 39.3 Å². The van der Waals surface area contributed by atoms with Gasteiger partial charge in [0.05, 0.1) is 19.8 Å². The summed E-state index contributed by atoms with van der Waals surface area (Å²) >= 11 is 0. The summed E-state index contributed by atoms with van der Waals surface area (Å²) < 4.78 is 5.12. The number of aliphatic hydroxyl groups excluding tert-OH is 2. The van der Waals surface area contributed by atoms with Crippen molar-refractivity contribution in [2.45, 2.75) is 12.5 Å². The molecule has 118 valence electrons. The molecule has 1 heterocycles. The minimum Gasteiger partial charge on any atom is -0.497 e. The van der Waals surface area contributed by atoms with E-state index in [1.54, 1.807) is 7.11 Å². The monoisotopic (exact) mass is 294 g/mol. The van der Waals surface area contributed by atoms with Crippen molar-refractivity contribution in [2.24, 2.45) is 0 Å². The van der Waals surface area contributed by atoms with E-state index in [0.717, 1.165) is 57.0 Å². The second-order valence-electron chi connectivity index (χ2n) is 5.48. The van der Waals surface area contributed by atoms with E-state index in [2.05, 4.69) is 9.80 Å². The number of rotatable bonds is 7. The van der Waals surface area contributed by atoms with Crippen LogP contribution in [-0.2, 0) is 0 Å². The summed E-state index contributed by atoms with van der Waals surface area (Å²) in [7, 11) is 1.64. The Hall–Kier alpha value is -1.14. The number of aliphatic hydroxyl groups is 2. The van der Waals surface area contributed by atoms with E-state index in [1.807, 2.05) is 24.3 Å². The molecular formula is C16H26N2O3. The lowest BCUT2D eigenvalue weighted by molar-refractivity contribution is 0.0923. The van der Waals surface area contributed by atoms with E-state index >= 15 is 0 Å². The van der Waals surface area contributed by atoms with Crippen molar-refractivity contribution in [3.63, 3.8) is 0 Å². The molecule has 1 aromatic carbocycles. The minimum absolute atomic E-state index is 0.232. The molecule has 0 amide bonds. The molecule has 2 N–H and O–H groups in total. The zero-order valence-electron chi connectivity index (χ0n) is 12.7. The van der Waals surface area contributed by atoms with Crippen molar-refractivity contribution in [2.75, 3.05) is 53.0 Å². The Labute approximate surface area is 126 Å². The molecule has 0 aliphatic carbocycles. The Morgan fingerprint density at radius 1 is 1.05 bits per heavy atom. The van der Waals surface area contributed by atoms with Crippen LogP contribution in [0.4, 0.5) is 0 Å². The summed E-state index contributed by atoms with van der Waals surface area (Å²) in [5.74, 6) is 0.811. The molecule has 0 bridgehead atoms. The lowest BCUT2D eigenvalue weighted by Gasteiger charge is -2.34. The first-order chi connectivity index (χ1) is 10.2. The molecular weight excluding hydrogens is 268 g/mol. The smallest absolute Gasteiger partial charge is 0.118 e. The first kappa shape index (κ1) is 16.2. The van der Waals surface area contributed by atoms with Gasteiger partial charge in [-0.05, 0) is 24.1 Å². The van der Waals surface area contributed by atoms with Crippen LogP contribution in [0.1, 0.15) is 18.1 Å². The first-order valence-corrected chi connectivity index (χ1v) is 7.60. The maximum absolute atomic E-state index is 10.2. The van der Waals surface area contributed by atoms with Crippen LogP contribution in [0, 0.1) is 0 Å². The molecule has 1 saturated heterocycles. The average Bonchev–Trinajstić information content (AvgIpc) is 2.54. The molecule has 5 nitrogen and oxygen atoms in total. The summed E-state index contributed by atoms with van der Waals surface area (Å²) in [5, 5.41) is 19.2. The Balaban J connectivity index is 1.72. The highest BCUT2D eigenvalue weighted by atomic mass is 16.5. The number of piperazine rings is 1. The van der Waals surface area contributed by atoms with E-state index in [1.165, 1.54) is 0 Å². The van der Waals surface area contributed by atoms with Gasteiger partial charge in [0.1, 0.15) is 5.75 Å². The van der Waals surface area contributed by atoms with Gasteiger partial charge < -0.3 is 19.8 Å². The van der Waals surface area contributed by atoms with Crippen molar-refractivity contribution < 1.29 is 14.9 Å². The maximum Gasteiger partial charge on any atom is 0.118 e. The maximum atomic E-state index is 10.2. The third-order valence-electron chi connectivity index (χ3n) is 4.10. The van der Waals surface area contributed by atoms with Crippen molar-refractivity contribution >= 4 is 0 Å². The van der Waals surface area contributed by atoms with Gasteiger partial charge >= 0.3 is 0 Å². The number of hydrogen-bond acceptors (Lipinski definition) is 5. The fraction of sp³-hybridized carbons (Fsp3) is 0.625. The Morgan fingerprint density at radius 2 is 1.62 bits per heavy atom. The zero-order valence-corrected chi connectivity index (χ0v) is 12.7. The Kier molecular flexibility index (Phi) is 6.45. The SMILES string of the molecule is COc1ccc(C(O)CCN2CCN(CCO)CC2)cc1. The molecule has 1 unspecified atom stereocenters. The molecule has 21 heavy (non-hydrogen) atoms. The van der Waals surface area contributed by atoms with E-state index in [0.29, 0.717) is 0 Å². The highest BCUT2D eigenvalue weighted by molar-refractivity contribution is 5.28. The third kappa shape index (κ3) is 4.97. The standard InChI is InChI=1S/C16H26N2O3/c1-21-15-4-2-14(3-5-15)16(20)6-7-17-8-10-18(11-9-17)12-13-19/h2-5,16,19-20H,6-13H2,1H3. The van der Waals surface area contributed by atoms with Crippen LogP contribution in [0.25, 0.3) is 0 Å². The van der Waals surface area contributed by atoms with E-state index < -0.39 is 6.10 Å². The first-order valence-electron chi connectivity index (χ1n) is 7.60. The summed E-state index contributed by atoms with van der Waals surface area (Å²) in [6.07, 6.45) is 0.318. The van der Waals surface area contributed by atoms with E-state index in [9.17, 15) is 5.11 Å². The van der Waals surface area contributed by atoms with Crippen molar-refractivity contribution in [3.05, 3.63) is 29.8 Å². The van der Waals surface area contributed by atoms with Crippen LogP contribution in [0.3, 0.4) is 0 Å². The summed E-state index contributed by atoms with van der Waals surface area (Å²) in [6.45, 7) is 5.92. The summed E-state index contributed by atoms with van der Waals surface area (Å²) in [6, 6.07) is 7.60. The number of methoxy groups -OCH3 is 1. The third-order valence-corrected chi connectivity index (χ3v) is 4.10. The summed E-state index contributed by atoms with van der Waals surface area (Å²) in [4.78, 5) is 4.65. The van der Waals surface area contributed by atoms with Gasteiger partial charge in [0.2, 0.25) is 0 Å². The van der Waals surface area contributed by atoms with Gasteiger partial charge in [-0.3, -0.25) is 4.90 Å². The van der Waals surface area contributed by atoms with Crippen LogP contribution in [0.5, 0.6) is 5.75 Å². The van der Waals surface area contributed by atoms with Gasteiger partial charge in [-0.25, -0.2) is 0 Å². The quantitative estimate of drug-likeness (QED) is 0.776. The number of nitrogens with zero attached hydrogens (tertiary/aromatic N) is 2. The molecule has 0 saturated carbocycles. The molecule has 0 spiro atoms. The Morgan fingerprint density at radius 3 is 2.14 bits per heavy atom. The fourth-order valence-corrected chi connectivity index (χ4v) is 2.68. The highest BCUT2D eigenvalue weighted by Crippen LogP contribution is 2.20. The zero-order chi connectivity index (χ0) is 15.1. The molecule has 5 heteroatoms. The fourth-order valence-electron chi connectivity index (χ4n) is 2.68. The highest BCUT2D eigenvalue weighted by Gasteiger charge is 2.17. The molecule has 1 aliphatic heterocycles. The molecule has 0 aromatic heterocycles. The average molecular weight is 294 g/mol. The van der Waals surface area contributed by atoms with Gasteiger partial charge in [-0.15, -0.1) is 0 Å². The van der Waals surface area contributed by atoms with E-state index in [-0.39, 0.29) is 6.61 Å². The van der Waals surface area contributed by atoms with Gasteiger partial charge in [-0.2, -0.15) is 0 Å². The van der Waals surface area contributed by atoms with Crippen LogP contribution >= 0.6 is 0 Å².